The van der Waals surface area contributed by atoms with Crippen LogP contribution in [0.2, 0.25) is 0 Å². The predicted molar refractivity (Wildman–Crippen MR) is 50.3 cm³/mol. The lowest BCUT2D eigenvalue weighted by atomic mass is 10.3. The molecule has 3 N–H and O–H groups in total. The molecule has 0 saturated carbocycles. The smallest absolute Gasteiger partial charge is 0.354 e. The minimum absolute atomic E-state index is 0.0350. The maximum Gasteiger partial charge on any atom is 0.354 e. The first-order valence-electron chi connectivity index (χ1n) is 4.18. The Hall–Kier alpha value is -1.62. The molecule has 1 unspecified atom stereocenters. The van der Waals surface area contributed by atoms with Crippen LogP contribution >= 0.6 is 0 Å². The minimum Gasteiger partial charge on any atom is -0.477 e. The van der Waals surface area contributed by atoms with Gasteiger partial charge in [0, 0.05) is 12.1 Å². The summed E-state index contributed by atoms with van der Waals surface area (Å²) in [5.41, 5.74) is 5.43. The second kappa shape index (κ2) is 4.57. The molecule has 0 aliphatic carbocycles. The number of hydrogen-bond donors (Lipinski definition) is 2. The molecule has 1 heterocycles. The zero-order valence-corrected chi connectivity index (χ0v) is 7.80. The van der Waals surface area contributed by atoms with Gasteiger partial charge in [-0.25, -0.2) is 9.78 Å². The molecule has 0 aliphatic heterocycles. The zero-order chi connectivity index (χ0) is 10.6. The fourth-order valence-corrected chi connectivity index (χ4v) is 0.831. The third-order valence-electron chi connectivity index (χ3n) is 1.44. The van der Waals surface area contributed by atoms with E-state index in [1.54, 1.807) is 19.1 Å². The quantitative estimate of drug-likeness (QED) is 0.732. The predicted octanol–water partition coefficient (Wildman–Crippen LogP) is 0.506. The Morgan fingerprint density at radius 3 is 3.00 bits per heavy atom. The van der Waals surface area contributed by atoms with Gasteiger partial charge in [0.25, 0.3) is 0 Å². The summed E-state index contributed by atoms with van der Waals surface area (Å²) >= 11 is 0. The van der Waals surface area contributed by atoms with Gasteiger partial charge < -0.3 is 15.6 Å². The molecule has 1 aromatic heterocycles. The normalized spacial score (nSPS) is 12.1. The summed E-state index contributed by atoms with van der Waals surface area (Å²) in [5, 5.41) is 8.64. The van der Waals surface area contributed by atoms with E-state index in [1.807, 2.05) is 0 Å². The van der Waals surface area contributed by atoms with Gasteiger partial charge in [0.15, 0.2) is 5.69 Å². The van der Waals surface area contributed by atoms with Crippen molar-refractivity contribution in [1.82, 2.24) is 4.98 Å². The Balaban J connectivity index is 2.69. The van der Waals surface area contributed by atoms with Crippen LogP contribution < -0.4 is 10.5 Å². The van der Waals surface area contributed by atoms with Gasteiger partial charge in [0.1, 0.15) is 6.61 Å². The van der Waals surface area contributed by atoms with Crippen LogP contribution in [0.15, 0.2) is 18.2 Å². The van der Waals surface area contributed by atoms with E-state index in [0.29, 0.717) is 6.61 Å². The van der Waals surface area contributed by atoms with Gasteiger partial charge in [-0.05, 0) is 13.0 Å². The first kappa shape index (κ1) is 10.5. The Morgan fingerprint density at radius 2 is 2.43 bits per heavy atom. The number of ether oxygens (including phenoxy) is 1. The summed E-state index contributed by atoms with van der Waals surface area (Å²) in [6.07, 6.45) is 0. The summed E-state index contributed by atoms with van der Waals surface area (Å²) in [6, 6.07) is 4.47. The number of carbonyl (C=O) groups is 1. The van der Waals surface area contributed by atoms with Crippen LogP contribution in [-0.4, -0.2) is 28.7 Å². The van der Waals surface area contributed by atoms with Gasteiger partial charge in [-0.2, -0.15) is 0 Å². The molecule has 0 aromatic carbocycles. The van der Waals surface area contributed by atoms with E-state index in [1.165, 1.54) is 6.07 Å². The second-order valence-electron chi connectivity index (χ2n) is 2.95. The first-order valence-corrected chi connectivity index (χ1v) is 4.18. The summed E-state index contributed by atoms with van der Waals surface area (Å²) in [6.45, 7) is 2.11. The molecule has 1 atom stereocenters. The molecule has 0 radical (unpaired) electrons. The molecule has 0 aliphatic rings. The van der Waals surface area contributed by atoms with Crippen molar-refractivity contribution >= 4 is 5.97 Å². The van der Waals surface area contributed by atoms with Crippen molar-refractivity contribution in [3.05, 3.63) is 23.9 Å². The highest BCUT2D eigenvalue weighted by molar-refractivity contribution is 5.85. The number of pyridine rings is 1. The van der Waals surface area contributed by atoms with Crippen molar-refractivity contribution in [2.45, 2.75) is 13.0 Å². The van der Waals surface area contributed by atoms with Gasteiger partial charge in [-0.1, -0.05) is 6.07 Å². The summed E-state index contributed by atoms with van der Waals surface area (Å²) < 4.78 is 5.16. The van der Waals surface area contributed by atoms with E-state index in [0.717, 1.165) is 0 Å². The summed E-state index contributed by atoms with van der Waals surface area (Å²) in [5.74, 6) is -0.793. The number of carboxylic acids is 1. The lowest BCUT2D eigenvalue weighted by Crippen LogP contribution is -2.24. The monoisotopic (exact) mass is 196 g/mol. The first-order chi connectivity index (χ1) is 6.59. The van der Waals surface area contributed by atoms with Gasteiger partial charge in [0.05, 0.1) is 0 Å². The maximum atomic E-state index is 10.5. The van der Waals surface area contributed by atoms with Gasteiger partial charge in [-0.15, -0.1) is 0 Å². The second-order valence-corrected chi connectivity index (χ2v) is 2.95. The molecule has 1 aromatic rings. The molecule has 0 fully saturated rings. The number of nitrogens with two attached hydrogens (primary N) is 1. The molecule has 0 saturated heterocycles. The highest BCUT2D eigenvalue weighted by atomic mass is 16.5. The lowest BCUT2D eigenvalue weighted by molar-refractivity contribution is 0.0689. The Labute approximate surface area is 81.5 Å². The van der Waals surface area contributed by atoms with Crippen LogP contribution in [0, 0.1) is 0 Å². The maximum absolute atomic E-state index is 10.5. The SMILES string of the molecule is CC(N)COc1cccc(C(=O)O)n1. The number of nitrogens with zero attached hydrogens (tertiary/aromatic N) is 1. The molecule has 14 heavy (non-hydrogen) atoms. The van der Waals surface area contributed by atoms with Gasteiger partial charge in [-0.3, -0.25) is 0 Å². The highest BCUT2D eigenvalue weighted by Crippen LogP contribution is 2.07. The van der Waals surface area contributed by atoms with Crippen LogP contribution in [0.4, 0.5) is 0 Å². The number of aromatic carboxylic acids is 1. The van der Waals surface area contributed by atoms with Crippen molar-refractivity contribution in [1.29, 1.82) is 0 Å². The average Bonchev–Trinajstić information content (AvgIpc) is 2.15. The highest BCUT2D eigenvalue weighted by Gasteiger charge is 2.05. The Morgan fingerprint density at radius 1 is 1.71 bits per heavy atom. The van der Waals surface area contributed by atoms with Crippen LogP contribution in [0.1, 0.15) is 17.4 Å². The number of carboxylic acid groups (broad SMARTS) is 1. The van der Waals surface area contributed by atoms with Crippen molar-refractivity contribution in [3.8, 4) is 5.88 Å². The van der Waals surface area contributed by atoms with Crippen LogP contribution in [0.3, 0.4) is 0 Å². The lowest BCUT2D eigenvalue weighted by Gasteiger charge is -2.07. The largest absolute Gasteiger partial charge is 0.477 e. The van der Waals surface area contributed by atoms with Crippen molar-refractivity contribution in [3.63, 3.8) is 0 Å². The van der Waals surface area contributed by atoms with Crippen molar-refractivity contribution in [2.24, 2.45) is 5.73 Å². The van der Waals surface area contributed by atoms with Gasteiger partial charge >= 0.3 is 5.97 Å². The van der Waals surface area contributed by atoms with E-state index >= 15 is 0 Å². The van der Waals surface area contributed by atoms with Crippen LogP contribution in [-0.2, 0) is 0 Å². The van der Waals surface area contributed by atoms with Crippen LogP contribution in [0.25, 0.3) is 0 Å². The third-order valence-corrected chi connectivity index (χ3v) is 1.44. The summed E-state index contributed by atoms with van der Waals surface area (Å²) in [4.78, 5) is 14.3. The molecule has 0 spiro atoms. The Bertz CT molecular complexity index is 326. The van der Waals surface area contributed by atoms with E-state index in [-0.39, 0.29) is 17.6 Å². The number of hydrogen-bond acceptors (Lipinski definition) is 4. The fraction of sp³-hybridized carbons (Fsp3) is 0.333. The van der Waals surface area contributed by atoms with Gasteiger partial charge in [0.2, 0.25) is 5.88 Å². The van der Waals surface area contributed by atoms with Crippen LogP contribution in [0.5, 0.6) is 5.88 Å². The van der Waals surface area contributed by atoms with E-state index < -0.39 is 5.97 Å². The molecule has 5 nitrogen and oxygen atoms in total. The van der Waals surface area contributed by atoms with E-state index in [2.05, 4.69) is 4.98 Å². The van der Waals surface area contributed by atoms with E-state index in [9.17, 15) is 4.79 Å². The fourth-order valence-electron chi connectivity index (χ4n) is 0.831. The summed E-state index contributed by atoms with van der Waals surface area (Å²) in [7, 11) is 0. The minimum atomic E-state index is -1.07. The standard InChI is InChI=1S/C9H12N2O3/c1-6(10)5-14-8-4-2-3-7(11-8)9(12)13/h2-4,6H,5,10H2,1H3,(H,12,13). The molecular formula is C9H12N2O3. The molecule has 0 amide bonds. The topological polar surface area (TPSA) is 85.4 Å². The van der Waals surface area contributed by atoms with Crippen molar-refractivity contribution in [2.75, 3.05) is 6.61 Å². The third kappa shape index (κ3) is 3.02. The zero-order valence-electron chi connectivity index (χ0n) is 7.80. The molecule has 5 heteroatoms. The molecule has 0 bridgehead atoms. The Kier molecular flexibility index (Phi) is 3.41. The molecular weight excluding hydrogens is 184 g/mol. The van der Waals surface area contributed by atoms with Crippen molar-refractivity contribution < 1.29 is 14.6 Å². The molecule has 76 valence electrons. The number of rotatable bonds is 4. The number of aromatic nitrogens is 1. The van der Waals surface area contributed by atoms with E-state index in [4.69, 9.17) is 15.6 Å². The average molecular weight is 196 g/mol. The molecule has 1 rings (SSSR count).